The summed E-state index contributed by atoms with van der Waals surface area (Å²) in [5.74, 6) is 0.858. The minimum absolute atomic E-state index is 0.110. The maximum absolute atomic E-state index is 11.8. The summed E-state index contributed by atoms with van der Waals surface area (Å²) in [5, 5.41) is 5.41. The average molecular weight is 367 g/mol. The fraction of sp³-hybridized carbons (Fsp3) is 0.105. The first-order chi connectivity index (χ1) is 12.7. The second-order valence-electron chi connectivity index (χ2n) is 5.27. The predicted molar refractivity (Wildman–Crippen MR) is 99.5 cm³/mol. The number of hydrazone groups is 1. The van der Waals surface area contributed by atoms with Gasteiger partial charge in [-0.2, -0.15) is 5.10 Å². The summed E-state index contributed by atoms with van der Waals surface area (Å²) < 4.78 is 11.1. The Morgan fingerprint density at radius 3 is 2.88 bits per heavy atom. The third kappa shape index (κ3) is 5.22. The van der Waals surface area contributed by atoms with Crippen molar-refractivity contribution >= 4 is 23.9 Å². The number of furan rings is 1. The van der Waals surface area contributed by atoms with Crippen LogP contribution in [-0.2, 0) is 4.79 Å². The Hall–Kier alpha value is -3.06. The molecule has 0 unspecified atom stereocenters. The number of carbonyl (C=O) groups excluding carboxylic acids is 1. The van der Waals surface area contributed by atoms with Crippen LogP contribution >= 0.6 is 11.8 Å². The van der Waals surface area contributed by atoms with Crippen molar-refractivity contribution in [2.75, 3.05) is 6.61 Å². The number of hydrogen-bond acceptors (Lipinski definition) is 6. The number of aryl methyl sites for hydroxylation is 1. The molecule has 7 heteroatoms. The summed E-state index contributed by atoms with van der Waals surface area (Å²) in [6.45, 7) is 1.81. The highest BCUT2D eigenvalue weighted by atomic mass is 32.2. The molecule has 0 spiro atoms. The predicted octanol–water partition coefficient (Wildman–Crippen LogP) is 3.66. The van der Waals surface area contributed by atoms with Gasteiger partial charge in [-0.1, -0.05) is 24.3 Å². The first-order valence-corrected chi connectivity index (χ1v) is 8.71. The number of amides is 1. The molecule has 1 N–H and O–H groups in total. The number of rotatable bonds is 7. The van der Waals surface area contributed by atoms with E-state index in [1.165, 1.54) is 18.0 Å². The van der Waals surface area contributed by atoms with E-state index < -0.39 is 0 Å². The second-order valence-corrected chi connectivity index (χ2v) is 6.30. The van der Waals surface area contributed by atoms with Crippen LogP contribution < -0.4 is 10.2 Å². The molecule has 1 aromatic carbocycles. The minimum atomic E-state index is -0.348. The normalized spacial score (nSPS) is 10.8. The molecule has 1 amide bonds. The Labute approximate surface area is 155 Å². The molecule has 0 atom stereocenters. The van der Waals surface area contributed by atoms with Crippen LogP contribution in [0.5, 0.6) is 5.75 Å². The van der Waals surface area contributed by atoms with Gasteiger partial charge in [0.15, 0.2) is 11.7 Å². The van der Waals surface area contributed by atoms with E-state index in [1.807, 2.05) is 55.5 Å². The summed E-state index contributed by atoms with van der Waals surface area (Å²) in [5.41, 5.74) is 3.38. The lowest BCUT2D eigenvalue weighted by Gasteiger charge is -2.07. The fourth-order valence-corrected chi connectivity index (χ4v) is 2.77. The molecule has 3 rings (SSSR count). The van der Waals surface area contributed by atoms with E-state index in [0.717, 1.165) is 10.6 Å². The van der Waals surface area contributed by atoms with Crippen molar-refractivity contribution in [3.63, 3.8) is 0 Å². The van der Waals surface area contributed by atoms with Crippen LogP contribution in [0.15, 0.2) is 80.4 Å². The Morgan fingerprint density at radius 1 is 1.23 bits per heavy atom. The van der Waals surface area contributed by atoms with E-state index in [2.05, 4.69) is 15.5 Å². The number of pyridine rings is 1. The van der Waals surface area contributed by atoms with Crippen LogP contribution in [0.2, 0.25) is 0 Å². The molecule has 2 aromatic heterocycles. The van der Waals surface area contributed by atoms with Crippen LogP contribution in [0.25, 0.3) is 0 Å². The third-order valence-electron chi connectivity index (χ3n) is 3.28. The number of nitrogens with zero attached hydrogens (tertiary/aromatic N) is 2. The first kappa shape index (κ1) is 17.8. The molecule has 6 nitrogen and oxygen atoms in total. The Kier molecular flexibility index (Phi) is 6.05. The molecule has 26 heavy (non-hydrogen) atoms. The number of ether oxygens (including phenoxy) is 1. The van der Waals surface area contributed by atoms with E-state index in [0.29, 0.717) is 16.6 Å². The first-order valence-electron chi connectivity index (χ1n) is 7.90. The quantitative estimate of drug-likeness (QED) is 0.509. The summed E-state index contributed by atoms with van der Waals surface area (Å²) in [7, 11) is 0. The Balaban J connectivity index is 1.46. The smallest absolute Gasteiger partial charge is 0.277 e. The van der Waals surface area contributed by atoms with Crippen molar-refractivity contribution in [3.8, 4) is 5.75 Å². The average Bonchev–Trinajstić information content (AvgIpc) is 3.09. The monoisotopic (exact) mass is 367 g/mol. The standard InChI is InChI=1S/C19H17N3O3S/c1-14-6-2-3-7-16(14)24-13-17(23)22-21-12-15-9-10-19(25-15)26-18-8-4-5-11-20-18/h2-12H,13H2,1H3,(H,22,23). The van der Waals surface area contributed by atoms with Crippen molar-refractivity contribution in [1.82, 2.24) is 10.4 Å². The molecule has 0 aliphatic heterocycles. The molecule has 0 saturated carbocycles. The van der Waals surface area contributed by atoms with E-state index >= 15 is 0 Å². The van der Waals surface area contributed by atoms with Crippen molar-refractivity contribution in [2.45, 2.75) is 17.0 Å². The maximum Gasteiger partial charge on any atom is 0.277 e. The van der Waals surface area contributed by atoms with Crippen LogP contribution in [0.1, 0.15) is 11.3 Å². The van der Waals surface area contributed by atoms with Crippen molar-refractivity contribution < 1.29 is 13.9 Å². The summed E-state index contributed by atoms with van der Waals surface area (Å²) >= 11 is 1.41. The highest BCUT2D eigenvalue weighted by Gasteiger charge is 2.05. The summed E-state index contributed by atoms with van der Waals surface area (Å²) in [6, 6.07) is 16.8. The molecular formula is C19H17N3O3S. The molecule has 0 radical (unpaired) electrons. The van der Waals surface area contributed by atoms with Crippen molar-refractivity contribution in [2.24, 2.45) is 5.10 Å². The molecule has 0 bridgehead atoms. The third-order valence-corrected chi connectivity index (χ3v) is 4.15. The van der Waals surface area contributed by atoms with E-state index in [1.54, 1.807) is 12.3 Å². The van der Waals surface area contributed by atoms with Gasteiger partial charge in [-0.25, -0.2) is 10.4 Å². The lowest BCUT2D eigenvalue weighted by Crippen LogP contribution is -2.24. The largest absolute Gasteiger partial charge is 0.483 e. The van der Waals surface area contributed by atoms with Gasteiger partial charge in [0.05, 0.1) is 6.21 Å². The fourth-order valence-electron chi connectivity index (χ4n) is 2.03. The van der Waals surface area contributed by atoms with Gasteiger partial charge in [-0.3, -0.25) is 4.79 Å². The Bertz CT molecular complexity index is 894. The lowest BCUT2D eigenvalue weighted by atomic mass is 10.2. The zero-order valence-corrected chi connectivity index (χ0v) is 14.9. The van der Waals surface area contributed by atoms with Gasteiger partial charge < -0.3 is 9.15 Å². The Morgan fingerprint density at radius 2 is 2.08 bits per heavy atom. The van der Waals surface area contributed by atoms with Crippen LogP contribution in [0, 0.1) is 6.92 Å². The van der Waals surface area contributed by atoms with Crippen LogP contribution in [-0.4, -0.2) is 23.7 Å². The number of nitrogens with one attached hydrogen (secondary N) is 1. The molecule has 2 heterocycles. The van der Waals surface area contributed by atoms with Gasteiger partial charge in [-0.15, -0.1) is 0 Å². The SMILES string of the molecule is Cc1ccccc1OCC(=O)NN=Cc1ccc(Sc2ccccn2)o1. The molecule has 0 fully saturated rings. The van der Waals surface area contributed by atoms with E-state index in [-0.39, 0.29) is 12.5 Å². The number of benzene rings is 1. The van der Waals surface area contributed by atoms with Gasteiger partial charge in [-0.05, 0) is 54.6 Å². The van der Waals surface area contributed by atoms with Crippen molar-refractivity contribution in [1.29, 1.82) is 0 Å². The number of hydrogen-bond donors (Lipinski definition) is 1. The minimum Gasteiger partial charge on any atom is -0.483 e. The molecule has 0 aliphatic rings. The van der Waals surface area contributed by atoms with Crippen LogP contribution in [0.4, 0.5) is 0 Å². The van der Waals surface area contributed by atoms with Gasteiger partial charge in [0.25, 0.3) is 5.91 Å². The number of para-hydroxylation sites is 1. The zero-order valence-electron chi connectivity index (χ0n) is 14.1. The number of aromatic nitrogens is 1. The van der Waals surface area contributed by atoms with Crippen molar-refractivity contribution in [3.05, 3.63) is 72.1 Å². The number of carbonyl (C=O) groups is 1. The molecule has 0 saturated heterocycles. The second kappa shape index (κ2) is 8.87. The molecule has 3 aromatic rings. The topological polar surface area (TPSA) is 76.7 Å². The van der Waals surface area contributed by atoms with Gasteiger partial charge in [0.2, 0.25) is 0 Å². The summed E-state index contributed by atoms with van der Waals surface area (Å²) in [4.78, 5) is 16.0. The highest BCUT2D eigenvalue weighted by molar-refractivity contribution is 7.99. The molecule has 0 aliphatic carbocycles. The van der Waals surface area contributed by atoms with Gasteiger partial charge in [0, 0.05) is 6.20 Å². The lowest BCUT2D eigenvalue weighted by molar-refractivity contribution is -0.123. The highest BCUT2D eigenvalue weighted by Crippen LogP contribution is 2.26. The zero-order chi connectivity index (χ0) is 18.2. The van der Waals surface area contributed by atoms with Crippen LogP contribution in [0.3, 0.4) is 0 Å². The molecular weight excluding hydrogens is 350 g/mol. The summed E-state index contributed by atoms with van der Waals surface area (Å²) in [6.07, 6.45) is 3.16. The maximum atomic E-state index is 11.8. The van der Waals surface area contributed by atoms with E-state index in [4.69, 9.17) is 9.15 Å². The van der Waals surface area contributed by atoms with Gasteiger partial charge >= 0.3 is 0 Å². The van der Waals surface area contributed by atoms with Gasteiger partial charge in [0.1, 0.15) is 16.5 Å². The van der Waals surface area contributed by atoms with E-state index in [9.17, 15) is 4.79 Å². The molecule has 132 valence electrons.